The van der Waals surface area contributed by atoms with Gasteiger partial charge < -0.3 is 14.5 Å². The lowest BCUT2D eigenvalue weighted by molar-refractivity contribution is -0.136. The first-order valence-electron chi connectivity index (χ1n) is 12.3. The van der Waals surface area contributed by atoms with Crippen LogP contribution < -0.4 is 4.90 Å². The third-order valence-electron chi connectivity index (χ3n) is 7.26. The van der Waals surface area contributed by atoms with Gasteiger partial charge in [-0.15, -0.1) is 0 Å². The second kappa shape index (κ2) is 8.66. The fourth-order valence-corrected chi connectivity index (χ4v) is 5.24. The number of aromatic nitrogens is 4. The maximum absolute atomic E-state index is 13.1. The van der Waals surface area contributed by atoms with E-state index in [1.165, 1.54) is 4.80 Å². The van der Waals surface area contributed by atoms with Gasteiger partial charge in [-0.25, -0.2) is 4.98 Å². The number of piperazine rings is 1. The minimum absolute atomic E-state index is 0.0188. The summed E-state index contributed by atoms with van der Waals surface area (Å²) in [5.74, 6) is 1.53. The second-order valence-corrected chi connectivity index (χ2v) is 10.7. The highest BCUT2D eigenvalue weighted by molar-refractivity contribution is 5.76. The molecule has 0 N–H and O–H groups in total. The zero-order chi connectivity index (χ0) is 24.0. The molecule has 0 radical (unpaired) electrons. The van der Waals surface area contributed by atoms with Crippen LogP contribution in [-0.2, 0) is 29.1 Å². The van der Waals surface area contributed by atoms with E-state index in [1.807, 2.05) is 4.90 Å². The highest BCUT2D eigenvalue weighted by Gasteiger charge is 2.39. The number of amides is 1. The fourth-order valence-electron chi connectivity index (χ4n) is 5.24. The van der Waals surface area contributed by atoms with Crippen molar-refractivity contribution < 1.29 is 9.53 Å². The Labute approximate surface area is 200 Å². The van der Waals surface area contributed by atoms with Gasteiger partial charge in [-0.1, -0.05) is 13.8 Å². The molecule has 0 spiro atoms. The Morgan fingerprint density at radius 1 is 1.24 bits per heavy atom. The molecule has 2 fully saturated rings. The van der Waals surface area contributed by atoms with Crippen LogP contribution in [0.3, 0.4) is 0 Å². The van der Waals surface area contributed by atoms with Crippen molar-refractivity contribution in [2.24, 2.45) is 5.92 Å². The first kappa shape index (κ1) is 22.8. The number of pyridine rings is 1. The fraction of sp³-hybridized carbons (Fsp3) is 0.640. The molecule has 2 aromatic heterocycles. The normalized spacial score (nSPS) is 21.9. The van der Waals surface area contributed by atoms with Gasteiger partial charge in [0, 0.05) is 37.5 Å². The van der Waals surface area contributed by atoms with E-state index in [0.29, 0.717) is 44.1 Å². The molecule has 2 aromatic rings. The summed E-state index contributed by atoms with van der Waals surface area (Å²) in [6.45, 7) is 11.0. The van der Waals surface area contributed by atoms with Gasteiger partial charge in [0.25, 0.3) is 0 Å². The van der Waals surface area contributed by atoms with E-state index in [4.69, 9.17) is 9.72 Å². The smallest absolute Gasteiger partial charge is 0.246 e. The van der Waals surface area contributed by atoms with Crippen LogP contribution in [0.5, 0.6) is 0 Å². The summed E-state index contributed by atoms with van der Waals surface area (Å²) in [7, 11) is 0. The van der Waals surface area contributed by atoms with E-state index >= 15 is 0 Å². The Bertz CT molecular complexity index is 1120. The average molecular weight is 464 g/mol. The molecule has 5 rings (SSSR count). The van der Waals surface area contributed by atoms with Gasteiger partial charge in [0.2, 0.25) is 5.91 Å². The summed E-state index contributed by atoms with van der Waals surface area (Å²) in [5.41, 5.74) is 3.73. The van der Waals surface area contributed by atoms with Gasteiger partial charge >= 0.3 is 0 Å². The van der Waals surface area contributed by atoms with Crippen LogP contribution in [0.2, 0.25) is 0 Å². The zero-order valence-electron chi connectivity index (χ0n) is 20.5. The number of ether oxygens (including phenoxy) is 1. The number of rotatable bonds is 5. The van der Waals surface area contributed by atoms with Crippen LogP contribution in [0.25, 0.3) is 0 Å². The molecule has 180 valence electrons. The van der Waals surface area contributed by atoms with Gasteiger partial charge in [0.05, 0.1) is 41.9 Å². The minimum atomic E-state index is -0.301. The molecule has 1 amide bonds. The highest BCUT2D eigenvalue weighted by Crippen LogP contribution is 2.46. The van der Waals surface area contributed by atoms with Gasteiger partial charge in [0.1, 0.15) is 18.4 Å². The first-order valence-corrected chi connectivity index (χ1v) is 12.3. The molecular weight excluding hydrogens is 430 g/mol. The molecule has 4 heterocycles. The molecular formula is C25H33N7O2. The number of anilines is 1. The molecule has 1 saturated carbocycles. The molecule has 2 aliphatic heterocycles. The third-order valence-corrected chi connectivity index (χ3v) is 7.26. The quantitative estimate of drug-likeness (QED) is 0.672. The van der Waals surface area contributed by atoms with Crippen LogP contribution in [0, 0.1) is 17.2 Å². The number of carbonyl (C=O) groups is 1. The molecule has 1 saturated heterocycles. The topological polar surface area (TPSA) is 100 Å². The van der Waals surface area contributed by atoms with Crippen molar-refractivity contribution in [1.82, 2.24) is 24.9 Å². The van der Waals surface area contributed by atoms with E-state index in [2.05, 4.69) is 48.9 Å². The standard InChI is InChI=1S/C25H33N7O2/c1-16(2)21-13-30(9-10-31(21)22(33)14-32-27-7-8-28-32)24-19(12-26)18-11-25(3,4)34-15-20(18)23(29-24)17-5-6-17/h7-8,16-17,21H,5-6,9-11,13-15H2,1-4H3/t21-/m0/s1. The van der Waals surface area contributed by atoms with Gasteiger partial charge in [-0.2, -0.15) is 20.3 Å². The average Bonchev–Trinajstić information content (AvgIpc) is 3.53. The molecule has 9 nitrogen and oxygen atoms in total. The lowest BCUT2D eigenvalue weighted by atomic mass is 9.87. The maximum Gasteiger partial charge on any atom is 0.246 e. The Morgan fingerprint density at radius 3 is 2.62 bits per heavy atom. The summed E-state index contributed by atoms with van der Waals surface area (Å²) in [6, 6.07) is 2.51. The van der Waals surface area contributed by atoms with Crippen molar-refractivity contribution in [2.75, 3.05) is 24.5 Å². The monoisotopic (exact) mass is 463 g/mol. The minimum Gasteiger partial charge on any atom is -0.370 e. The SMILES string of the molecule is CC(C)[C@@H]1CN(c2nc(C3CC3)c3c(c2C#N)CC(C)(C)OC3)CCN1C(=O)Cn1nccn1. The van der Waals surface area contributed by atoms with Crippen molar-refractivity contribution in [3.63, 3.8) is 0 Å². The molecule has 1 atom stereocenters. The predicted molar refractivity (Wildman–Crippen MR) is 126 cm³/mol. The number of hydrogen-bond donors (Lipinski definition) is 0. The van der Waals surface area contributed by atoms with Crippen molar-refractivity contribution in [2.45, 2.75) is 77.7 Å². The summed E-state index contributed by atoms with van der Waals surface area (Å²) in [4.78, 5) is 23.8. The Hall–Kier alpha value is -2.99. The predicted octanol–water partition coefficient (Wildman–Crippen LogP) is 2.65. The molecule has 9 heteroatoms. The summed E-state index contributed by atoms with van der Waals surface area (Å²) in [5, 5.41) is 18.4. The zero-order valence-corrected chi connectivity index (χ0v) is 20.5. The van der Waals surface area contributed by atoms with Crippen molar-refractivity contribution in [1.29, 1.82) is 5.26 Å². The van der Waals surface area contributed by atoms with E-state index in [-0.39, 0.29) is 30.0 Å². The maximum atomic E-state index is 13.1. The number of fused-ring (bicyclic) bond motifs is 1. The van der Waals surface area contributed by atoms with E-state index in [9.17, 15) is 10.1 Å². The van der Waals surface area contributed by atoms with Crippen LogP contribution in [0.1, 0.15) is 68.8 Å². The molecule has 0 aromatic carbocycles. The van der Waals surface area contributed by atoms with Gasteiger partial charge in [-0.05, 0) is 38.2 Å². The lowest BCUT2D eigenvalue weighted by Crippen LogP contribution is -2.58. The van der Waals surface area contributed by atoms with Gasteiger partial charge in [-0.3, -0.25) is 4.79 Å². The number of nitriles is 1. The van der Waals surface area contributed by atoms with Crippen LogP contribution in [0.4, 0.5) is 5.82 Å². The number of hydrogen-bond acceptors (Lipinski definition) is 7. The third kappa shape index (κ3) is 4.27. The highest BCUT2D eigenvalue weighted by atomic mass is 16.5. The molecule has 3 aliphatic rings. The second-order valence-electron chi connectivity index (χ2n) is 10.7. The van der Waals surface area contributed by atoms with Crippen LogP contribution >= 0.6 is 0 Å². The van der Waals surface area contributed by atoms with Crippen LogP contribution in [0.15, 0.2) is 12.4 Å². The number of carbonyl (C=O) groups excluding carboxylic acids is 1. The molecule has 0 bridgehead atoms. The van der Waals surface area contributed by atoms with Crippen molar-refractivity contribution >= 4 is 11.7 Å². The van der Waals surface area contributed by atoms with Crippen molar-refractivity contribution in [3.8, 4) is 6.07 Å². The number of nitrogens with zero attached hydrogens (tertiary/aromatic N) is 7. The molecule has 0 unspecified atom stereocenters. The van der Waals surface area contributed by atoms with E-state index in [0.717, 1.165) is 35.5 Å². The van der Waals surface area contributed by atoms with Crippen LogP contribution in [-0.4, -0.2) is 62.1 Å². The van der Waals surface area contributed by atoms with Crippen molar-refractivity contribution in [3.05, 3.63) is 34.8 Å². The van der Waals surface area contributed by atoms with E-state index in [1.54, 1.807) is 12.4 Å². The van der Waals surface area contributed by atoms with Gasteiger partial charge in [0.15, 0.2) is 0 Å². The van der Waals surface area contributed by atoms with E-state index < -0.39 is 0 Å². The Kier molecular flexibility index (Phi) is 5.80. The summed E-state index contributed by atoms with van der Waals surface area (Å²) >= 11 is 0. The largest absolute Gasteiger partial charge is 0.370 e. The molecule has 34 heavy (non-hydrogen) atoms. The molecule has 1 aliphatic carbocycles. The Morgan fingerprint density at radius 2 is 1.97 bits per heavy atom. The lowest BCUT2D eigenvalue weighted by Gasteiger charge is -2.44. The Balaban J connectivity index is 1.46. The summed E-state index contributed by atoms with van der Waals surface area (Å²) in [6.07, 6.45) is 6.17. The first-order chi connectivity index (χ1) is 16.3. The summed E-state index contributed by atoms with van der Waals surface area (Å²) < 4.78 is 6.11.